The molecule has 32 heavy (non-hydrogen) atoms. The Kier molecular flexibility index (Phi) is 4.74. The van der Waals surface area contributed by atoms with Gasteiger partial charge in [0.2, 0.25) is 11.8 Å². The van der Waals surface area contributed by atoms with Crippen LogP contribution in [0.1, 0.15) is 52.1 Å². The average Bonchev–Trinajstić information content (AvgIpc) is 3.08. The van der Waals surface area contributed by atoms with Crippen molar-refractivity contribution in [3.63, 3.8) is 0 Å². The van der Waals surface area contributed by atoms with Gasteiger partial charge in [-0.1, -0.05) is 42.5 Å². The van der Waals surface area contributed by atoms with Gasteiger partial charge >= 0.3 is 0 Å². The number of rotatable bonds is 4. The van der Waals surface area contributed by atoms with E-state index in [-0.39, 0.29) is 36.6 Å². The van der Waals surface area contributed by atoms with E-state index in [2.05, 4.69) is 10.6 Å². The van der Waals surface area contributed by atoms with Gasteiger partial charge in [0.05, 0.1) is 11.7 Å². The summed E-state index contributed by atoms with van der Waals surface area (Å²) in [4.78, 5) is 51.8. The molecule has 2 atom stereocenters. The zero-order valence-corrected chi connectivity index (χ0v) is 17.4. The van der Waals surface area contributed by atoms with Gasteiger partial charge in [0.25, 0.3) is 11.8 Å². The lowest BCUT2D eigenvalue weighted by Crippen LogP contribution is -2.53. The molecule has 0 saturated carbocycles. The third-order valence-electron chi connectivity index (χ3n) is 6.14. The zero-order valence-electron chi connectivity index (χ0n) is 17.4. The number of carbonyl (C=O) groups excluding carboxylic acids is 4. The monoisotopic (exact) mass is 427 g/mol. The maximum atomic E-state index is 13.2. The van der Waals surface area contributed by atoms with Crippen LogP contribution in [0.2, 0.25) is 0 Å². The molecule has 5 rings (SSSR count). The van der Waals surface area contributed by atoms with E-state index in [0.717, 1.165) is 5.56 Å². The molecule has 7 heteroatoms. The van der Waals surface area contributed by atoms with E-state index in [1.807, 2.05) is 43.3 Å². The molecule has 2 heterocycles. The van der Waals surface area contributed by atoms with E-state index in [1.54, 1.807) is 24.3 Å². The number of nitrogens with one attached hydrogen (secondary N) is 2. The Morgan fingerprint density at radius 3 is 2.56 bits per heavy atom. The largest absolute Gasteiger partial charge is 0.345 e. The first kappa shape index (κ1) is 19.9. The number of carbonyl (C=O) groups is 4. The highest BCUT2D eigenvalue weighted by atomic mass is 16.2. The maximum absolute atomic E-state index is 13.2. The predicted octanol–water partition coefficient (Wildman–Crippen LogP) is 3.10. The van der Waals surface area contributed by atoms with Crippen molar-refractivity contribution in [2.24, 2.45) is 0 Å². The Morgan fingerprint density at radius 2 is 1.81 bits per heavy atom. The second-order valence-corrected chi connectivity index (χ2v) is 8.11. The molecule has 2 aliphatic rings. The minimum absolute atomic E-state index is 0.178. The first-order valence-corrected chi connectivity index (χ1v) is 10.5. The summed E-state index contributed by atoms with van der Waals surface area (Å²) in [5.74, 6) is -1.35. The molecule has 3 aromatic carbocycles. The van der Waals surface area contributed by atoms with E-state index in [9.17, 15) is 19.2 Å². The molecule has 0 radical (unpaired) electrons. The molecule has 1 saturated heterocycles. The summed E-state index contributed by atoms with van der Waals surface area (Å²) in [5.41, 5.74) is 2.49. The number of hydrogen-bond donors (Lipinski definition) is 2. The molecule has 0 bridgehead atoms. The van der Waals surface area contributed by atoms with E-state index in [4.69, 9.17) is 0 Å². The van der Waals surface area contributed by atoms with Crippen molar-refractivity contribution in [2.45, 2.75) is 31.8 Å². The molecule has 2 N–H and O–H groups in total. The molecule has 3 aromatic rings. The standard InChI is InChI=1S/C25H21N3O4/c1-14(15-6-3-2-4-7-15)26-23(30)17-10-11-18-22-16(17)8-5-9-19(22)28(25(18)32)20-12-13-21(29)27-24(20)31/h2-11,14,20H,12-13H2,1H3,(H,26,30)(H,27,29,31). The van der Waals surface area contributed by atoms with E-state index in [0.29, 0.717) is 27.6 Å². The van der Waals surface area contributed by atoms with Gasteiger partial charge in [0.15, 0.2) is 0 Å². The van der Waals surface area contributed by atoms with Crippen LogP contribution in [-0.4, -0.2) is 29.7 Å². The third kappa shape index (κ3) is 3.13. The lowest BCUT2D eigenvalue weighted by atomic mass is 9.99. The van der Waals surface area contributed by atoms with Crippen LogP contribution < -0.4 is 15.5 Å². The minimum atomic E-state index is -0.756. The molecule has 160 valence electrons. The number of amides is 4. The maximum Gasteiger partial charge on any atom is 0.259 e. The van der Waals surface area contributed by atoms with Gasteiger partial charge < -0.3 is 5.32 Å². The molecule has 2 aliphatic heterocycles. The van der Waals surface area contributed by atoms with E-state index >= 15 is 0 Å². The highest BCUT2D eigenvalue weighted by molar-refractivity contribution is 6.29. The van der Waals surface area contributed by atoms with Crippen LogP contribution in [0, 0.1) is 0 Å². The molecular weight excluding hydrogens is 406 g/mol. The fourth-order valence-corrected chi connectivity index (χ4v) is 4.54. The van der Waals surface area contributed by atoms with Crippen LogP contribution in [0.25, 0.3) is 10.8 Å². The topological polar surface area (TPSA) is 95.6 Å². The summed E-state index contributed by atoms with van der Waals surface area (Å²) in [6.07, 6.45) is 0.445. The van der Waals surface area contributed by atoms with Gasteiger partial charge in [-0.2, -0.15) is 0 Å². The highest BCUT2D eigenvalue weighted by Gasteiger charge is 2.41. The smallest absolute Gasteiger partial charge is 0.259 e. The molecule has 4 amide bonds. The molecule has 2 unspecified atom stereocenters. The Hall–Kier alpha value is -4.00. The number of anilines is 1. The van der Waals surface area contributed by atoms with Gasteiger partial charge in [0.1, 0.15) is 6.04 Å². The SMILES string of the molecule is CC(NC(=O)c1ccc2c3c(cccc13)N(C1CCC(=O)NC1=O)C2=O)c1ccccc1. The normalized spacial score (nSPS) is 18.6. The number of imide groups is 1. The fraction of sp³-hybridized carbons (Fsp3) is 0.200. The van der Waals surface area contributed by atoms with Crippen LogP contribution in [0.3, 0.4) is 0 Å². The van der Waals surface area contributed by atoms with Gasteiger partial charge in [-0.15, -0.1) is 0 Å². The molecule has 0 spiro atoms. The van der Waals surface area contributed by atoms with Crippen LogP contribution in [0.4, 0.5) is 5.69 Å². The summed E-state index contributed by atoms with van der Waals surface area (Å²) in [5, 5.41) is 6.65. The van der Waals surface area contributed by atoms with Gasteiger partial charge in [-0.25, -0.2) is 0 Å². The first-order valence-electron chi connectivity index (χ1n) is 10.5. The number of nitrogens with zero attached hydrogens (tertiary/aromatic N) is 1. The summed E-state index contributed by atoms with van der Waals surface area (Å²) >= 11 is 0. The number of hydrogen-bond acceptors (Lipinski definition) is 4. The highest BCUT2D eigenvalue weighted by Crippen LogP contribution is 2.41. The lowest BCUT2D eigenvalue weighted by molar-refractivity contribution is -0.134. The Balaban J connectivity index is 1.52. The van der Waals surface area contributed by atoms with E-state index < -0.39 is 11.9 Å². The van der Waals surface area contributed by atoms with E-state index in [1.165, 1.54) is 4.90 Å². The van der Waals surface area contributed by atoms with Gasteiger partial charge in [0, 0.05) is 22.9 Å². The number of benzene rings is 3. The zero-order chi connectivity index (χ0) is 22.4. The van der Waals surface area contributed by atoms with Crippen LogP contribution in [0.5, 0.6) is 0 Å². The summed E-state index contributed by atoms with van der Waals surface area (Å²) in [7, 11) is 0. The van der Waals surface area contributed by atoms with Crippen molar-refractivity contribution in [3.05, 3.63) is 77.4 Å². The van der Waals surface area contributed by atoms with Gasteiger partial charge in [-0.05, 0) is 42.5 Å². The Morgan fingerprint density at radius 1 is 1.03 bits per heavy atom. The quantitative estimate of drug-likeness (QED) is 0.626. The summed E-state index contributed by atoms with van der Waals surface area (Å²) in [6, 6.07) is 17.4. The predicted molar refractivity (Wildman–Crippen MR) is 119 cm³/mol. The van der Waals surface area contributed by atoms with Crippen molar-refractivity contribution in [1.29, 1.82) is 0 Å². The molecule has 7 nitrogen and oxygen atoms in total. The van der Waals surface area contributed by atoms with Gasteiger partial charge in [-0.3, -0.25) is 29.4 Å². The van der Waals surface area contributed by atoms with Crippen molar-refractivity contribution in [1.82, 2.24) is 10.6 Å². The third-order valence-corrected chi connectivity index (χ3v) is 6.14. The summed E-state index contributed by atoms with van der Waals surface area (Å²) in [6.45, 7) is 1.92. The lowest BCUT2D eigenvalue weighted by Gasteiger charge is -2.30. The average molecular weight is 427 g/mol. The minimum Gasteiger partial charge on any atom is -0.345 e. The van der Waals surface area contributed by atoms with Crippen LogP contribution >= 0.6 is 0 Å². The van der Waals surface area contributed by atoms with Crippen molar-refractivity contribution >= 4 is 40.1 Å². The Labute approximate surface area is 184 Å². The molecule has 0 aromatic heterocycles. The molecular formula is C25H21N3O4. The van der Waals surface area contributed by atoms with Crippen molar-refractivity contribution in [3.8, 4) is 0 Å². The second kappa shape index (κ2) is 7.60. The molecule has 0 aliphatic carbocycles. The number of piperidine rings is 1. The van der Waals surface area contributed by atoms with Crippen LogP contribution in [-0.2, 0) is 9.59 Å². The van der Waals surface area contributed by atoms with Crippen molar-refractivity contribution < 1.29 is 19.2 Å². The summed E-state index contributed by atoms with van der Waals surface area (Å²) < 4.78 is 0. The molecule has 1 fully saturated rings. The second-order valence-electron chi connectivity index (χ2n) is 8.11. The fourth-order valence-electron chi connectivity index (χ4n) is 4.54. The van der Waals surface area contributed by atoms with Crippen LogP contribution in [0.15, 0.2) is 60.7 Å². The Bertz CT molecular complexity index is 1290. The first-order chi connectivity index (χ1) is 15.5. The van der Waals surface area contributed by atoms with Crippen molar-refractivity contribution in [2.75, 3.05) is 4.90 Å².